The van der Waals surface area contributed by atoms with Crippen LogP contribution in [-0.2, 0) is 6.42 Å². The van der Waals surface area contributed by atoms with Gasteiger partial charge in [0.1, 0.15) is 6.33 Å². The maximum absolute atomic E-state index is 4.32. The van der Waals surface area contributed by atoms with E-state index in [9.17, 15) is 0 Å². The topological polar surface area (TPSA) is 37.8 Å². The predicted octanol–water partition coefficient (Wildman–Crippen LogP) is 3.19. The predicted molar refractivity (Wildman–Crippen MR) is 74.2 cm³/mol. The molecule has 0 aliphatic heterocycles. The van der Waals surface area contributed by atoms with Crippen molar-refractivity contribution in [3.05, 3.63) is 45.1 Å². The Morgan fingerprint density at radius 1 is 1.53 bits per heavy atom. The zero-order chi connectivity index (χ0) is 12.1. The number of thiophene rings is 1. The smallest absolute Gasteiger partial charge is 0.115 e. The fraction of sp³-hybridized carbons (Fsp3) is 0.333. The molecular weight excluding hydrogens is 298 g/mol. The van der Waals surface area contributed by atoms with Crippen LogP contribution >= 0.6 is 27.3 Å². The third kappa shape index (κ3) is 3.59. The summed E-state index contributed by atoms with van der Waals surface area (Å²) in [6.07, 6.45) is 4.35. The first-order valence-electron chi connectivity index (χ1n) is 5.51. The fourth-order valence-electron chi connectivity index (χ4n) is 1.70. The van der Waals surface area contributed by atoms with Gasteiger partial charge in [0, 0.05) is 27.3 Å². The fourth-order valence-corrected chi connectivity index (χ4v) is 3.19. The second-order valence-electron chi connectivity index (χ2n) is 3.68. The molecule has 0 amide bonds. The highest BCUT2D eigenvalue weighted by molar-refractivity contribution is 9.10. The van der Waals surface area contributed by atoms with Crippen LogP contribution in [0.3, 0.4) is 0 Å². The standard InChI is InChI=1S/C12H14BrN3S/c1-2-15-12(11-3-4-14-8-16-11)6-10-5-9(13)7-17-10/h3-5,7-8,12,15H,2,6H2,1H3. The lowest BCUT2D eigenvalue weighted by molar-refractivity contribution is 0.539. The average Bonchev–Trinajstić information content (AvgIpc) is 2.75. The van der Waals surface area contributed by atoms with Crippen LogP contribution in [0.2, 0.25) is 0 Å². The molecule has 0 aliphatic carbocycles. The Bertz CT molecular complexity index is 458. The summed E-state index contributed by atoms with van der Waals surface area (Å²) in [5, 5.41) is 5.57. The van der Waals surface area contributed by atoms with Crippen LogP contribution in [-0.4, -0.2) is 16.5 Å². The first-order valence-corrected chi connectivity index (χ1v) is 7.19. The molecule has 2 aromatic heterocycles. The minimum Gasteiger partial charge on any atom is -0.309 e. The van der Waals surface area contributed by atoms with Gasteiger partial charge in [0.2, 0.25) is 0 Å². The van der Waals surface area contributed by atoms with Gasteiger partial charge in [-0.05, 0) is 34.6 Å². The molecule has 2 rings (SSSR count). The van der Waals surface area contributed by atoms with Crippen molar-refractivity contribution in [1.29, 1.82) is 0 Å². The summed E-state index contributed by atoms with van der Waals surface area (Å²) in [5.74, 6) is 0. The summed E-state index contributed by atoms with van der Waals surface area (Å²) in [5.41, 5.74) is 1.05. The quantitative estimate of drug-likeness (QED) is 0.921. The number of nitrogens with zero attached hydrogens (tertiary/aromatic N) is 2. The average molecular weight is 312 g/mol. The molecule has 5 heteroatoms. The summed E-state index contributed by atoms with van der Waals surface area (Å²) in [6, 6.07) is 4.39. The number of hydrogen-bond donors (Lipinski definition) is 1. The summed E-state index contributed by atoms with van der Waals surface area (Å²) in [6.45, 7) is 3.04. The molecule has 0 saturated carbocycles. The van der Waals surface area contributed by atoms with E-state index in [2.05, 4.69) is 49.6 Å². The van der Waals surface area contributed by atoms with E-state index in [1.54, 1.807) is 23.9 Å². The Morgan fingerprint density at radius 2 is 2.41 bits per heavy atom. The molecule has 0 aromatic carbocycles. The van der Waals surface area contributed by atoms with Gasteiger partial charge in [0.05, 0.1) is 11.7 Å². The van der Waals surface area contributed by atoms with Crippen molar-refractivity contribution in [3.8, 4) is 0 Å². The van der Waals surface area contributed by atoms with E-state index in [0.29, 0.717) is 0 Å². The molecule has 2 heterocycles. The van der Waals surface area contributed by atoms with Gasteiger partial charge in [-0.15, -0.1) is 11.3 Å². The number of aromatic nitrogens is 2. The Hall–Kier alpha value is -0.780. The zero-order valence-electron chi connectivity index (χ0n) is 9.56. The Kier molecular flexibility index (Phi) is 4.65. The van der Waals surface area contributed by atoms with E-state index in [1.165, 1.54) is 4.88 Å². The molecule has 0 radical (unpaired) electrons. The van der Waals surface area contributed by atoms with Gasteiger partial charge in [-0.2, -0.15) is 0 Å². The van der Waals surface area contributed by atoms with E-state index >= 15 is 0 Å². The van der Waals surface area contributed by atoms with Crippen molar-refractivity contribution in [3.63, 3.8) is 0 Å². The van der Waals surface area contributed by atoms with Crippen LogP contribution in [0.5, 0.6) is 0 Å². The van der Waals surface area contributed by atoms with Crippen LogP contribution in [0.15, 0.2) is 34.5 Å². The molecule has 90 valence electrons. The molecule has 1 N–H and O–H groups in total. The third-order valence-corrected chi connectivity index (χ3v) is 4.16. The van der Waals surface area contributed by atoms with Crippen LogP contribution < -0.4 is 5.32 Å². The van der Waals surface area contributed by atoms with Crippen molar-refractivity contribution in [2.75, 3.05) is 6.54 Å². The minimum absolute atomic E-state index is 0.258. The largest absolute Gasteiger partial charge is 0.309 e. The highest BCUT2D eigenvalue weighted by Gasteiger charge is 2.13. The molecule has 1 atom stereocenters. The van der Waals surface area contributed by atoms with E-state index in [4.69, 9.17) is 0 Å². The molecule has 17 heavy (non-hydrogen) atoms. The molecule has 3 nitrogen and oxygen atoms in total. The Labute approximate surface area is 113 Å². The summed E-state index contributed by atoms with van der Waals surface area (Å²) < 4.78 is 1.15. The number of rotatable bonds is 5. The van der Waals surface area contributed by atoms with Crippen LogP contribution in [0, 0.1) is 0 Å². The maximum atomic E-state index is 4.32. The molecule has 0 fully saturated rings. The Morgan fingerprint density at radius 3 is 3.00 bits per heavy atom. The van der Waals surface area contributed by atoms with Gasteiger partial charge in [0.15, 0.2) is 0 Å². The van der Waals surface area contributed by atoms with Crippen molar-refractivity contribution in [2.24, 2.45) is 0 Å². The van der Waals surface area contributed by atoms with E-state index in [1.807, 2.05) is 6.07 Å². The second kappa shape index (κ2) is 6.23. The molecule has 0 bridgehead atoms. The number of nitrogens with one attached hydrogen (secondary N) is 1. The van der Waals surface area contributed by atoms with E-state index < -0.39 is 0 Å². The van der Waals surface area contributed by atoms with E-state index in [0.717, 1.165) is 23.1 Å². The lowest BCUT2D eigenvalue weighted by Gasteiger charge is -2.16. The highest BCUT2D eigenvalue weighted by atomic mass is 79.9. The van der Waals surface area contributed by atoms with Crippen LogP contribution in [0.4, 0.5) is 0 Å². The molecule has 1 unspecified atom stereocenters. The van der Waals surface area contributed by atoms with Crippen molar-refractivity contribution >= 4 is 27.3 Å². The molecule has 2 aromatic rings. The SMILES string of the molecule is CCNC(Cc1cc(Br)cs1)c1ccncn1. The number of hydrogen-bond acceptors (Lipinski definition) is 4. The van der Waals surface area contributed by atoms with Gasteiger partial charge in [0.25, 0.3) is 0 Å². The monoisotopic (exact) mass is 311 g/mol. The Balaban J connectivity index is 2.13. The summed E-state index contributed by atoms with van der Waals surface area (Å²) >= 11 is 5.25. The molecule has 0 spiro atoms. The molecule has 0 saturated heterocycles. The third-order valence-electron chi connectivity index (χ3n) is 2.44. The molecule has 0 aliphatic rings. The minimum atomic E-state index is 0.258. The first kappa shape index (κ1) is 12.7. The summed E-state index contributed by atoms with van der Waals surface area (Å²) in [7, 11) is 0. The highest BCUT2D eigenvalue weighted by Crippen LogP contribution is 2.24. The molecular formula is C12H14BrN3S. The van der Waals surface area contributed by atoms with Crippen molar-refractivity contribution < 1.29 is 0 Å². The van der Waals surface area contributed by atoms with E-state index in [-0.39, 0.29) is 6.04 Å². The van der Waals surface area contributed by atoms with Crippen LogP contribution in [0.1, 0.15) is 23.5 Å². The van der Waals surface area contributed by atoms with Gasteiger partial charge in [-0.25, -0.2) is 9.97 Å². The lowest BCUT2D eigenvalue weighted by Crippen LogP contribution is -2.23. The maximum Gasteiger partial charge on any atom is 0.115 e. The van der Waals surface area contributed by atoms with Gasteiger partial charge in [-0.3, -0.25) is 0 Å². The number of likely N-dealkylation sites (N-methyl/N-ethyl adjacent to an activating group) is 1. The van der Waals surface area contributed by atoms with Crippen LogP contribution in [0.25, 0.3) is 0 Å². The normalized spacial score (nSPS) is 12.6. The first-order chi connectivity index (χ1) is 8.29. The second-order valence-corrected chi connectivity index (χ2v) is 5.59. The van der Waals surface area contributed by atoms with Gasteiger partial charge >= 0.3 is 0 Å². The lowest BCUT2D eigenvalue weighted by atomic mass is 10.1. The number of halogens is 1. The van der Waals surface area contributed by atoms with Gasteiger partial charge in [-0.1, -0.05) is 6.92 Å². The summed E-state index contributed by atoms with van der Waals surface area (Å²) in [4.78, 5) is 9.62. The van der Waals surface area contributed by atoms with Gasteiger partial charge < -0.3 is 5.32 Å². The zero-order valence-corrected chi connectivity index (χ0v) is 12.0. The van der Waals surface area contributed by atoms with Crippen molar-refractivity contribution in [1.82, 2.24) is 15.3 Å². The van der Waals surface area contributed by atoms with Crippen molar-refractivity contribution in [2.45, 2.75) is 19.4 Å².